The number of thiophene rings is 1. The van der Waals surface area contributed by atoms with Gasteiger partial charge in [-0.1, -0.05) is 17.8 Å². The van der Waals surface area contributed by atoms with E-state index in [1.54, 1.807) is 11.3 Å². The van der Waals surface area contributed by atoms with Crippen LogP contribution in [0.3, 0.4) is 0 Å². The van der Waals surface area contributed by atoms with Gasteiger partial charge in [-0.05, 0) is 65.2 Å². The quantitative estimate of drug-likeness (QED) is 0.430. The highest BCUT2D eigenvalue weighted by atomic mass is 127. The molecule has 24 heavy (non-hydrogen) atoms. The number of benzene rings is 1. The molecule has 0 aliphatic heterocycles. The first-order valence-electron chi connectivity index (χ1n) is 7.32. The van der Waals surface area contributed by atoms with Crippen molar-refractivity contribution in [1.82, 2.24) is 14.8 Å². The standard InChI is InChI=1S/C16H15IN4OS2/c1-2-21-15(13-4-3-9-23-13)19-20-16(21)24-10-14(22)18-12-7-5-11(17)6-8-12/h3-9H,2,10H2,1H3,(H,18,22). The van der Waals surface area contributed by atoms with E-state index >= 15 is 0 Å². The maximum absolute atomic E-state index is 12.1. The second-order valence-electron chi connectivity index (χ2n) is 4.87. The Balaban J connectivity index is 1.64. The molecule has 0 aliphatic rings. The van der Waals surface area contributed by atoms with E-state index in [2.05, 4.69) is 45.0 Å². The molecule has 0 radical (unpaired) electrons. The predicted molar refractivity (Wildman–Crippen MR) is 108 cm³/mol. The predicted octanol–water partition coefficient (Wildman–Crippen LogP) is 4.36. The third-order valence-electron chi connectivity index (χ3n) is 3.23. The third-order valence-corrected chi connectivity index (χ3v) is 5.79. The Morgan fingerprint density at radius 3 is 2.75 bits per heavy atom. The second kappa shape index (κ2) is 8.13. The molecule has 8 heteroatoms. The summed E-state index contributed by atoms with van der Waals surface area (Å²) in [7, 11) is 0. The zero-order chi connectivity index (χ0) is 16.9. The highest BCUT2D eigenvalue weighted by Gasteiger charge is 2.15. The minimum atomic E-state index is -0.0514. The average Bonchev–Trinajstić information content (AvgIpc) is 3.23. The molecule has 0 aliphatic carbocycles. The third kappa shape index (κ3) is 4.17. The SMILES string of the molecule is CCn1c(SCC(=O)Nc2ccc(I)cc2)nnc1-c1cccs1. The van der Waals surface area contributed by atoms with Gasteiger partial charge in [-0.3, -0.25) is 4.79 Å². The van der Waals surface area contributed by atoms with Gasteiger partial charge in [0.25, 0.3) is 0 Å². The lowest BCUT2D eigenvalue weighted by Crippen LogP contribution is -2.14. The smallest absolute Gasteiger partial charge is 0.234 e. The molecule has 3 aromatic rings. The molecule has 0 fully saturated rings. The number of hydrogen-bond donors (Lipinski definition) is 1. The summed E-state index contributed by atoms with van der Waals surface area (Å²) in [6, 6.07) is 11.7. The Kier molecular flexibility index (Phi) is 5.90. The van der Waals surface area contributed by atoms with E-state index in [4.69, 9.17) is 0 Å². The van der Waals surface area contributed by atoms with Gasteiger partial charge >= 0.3 is 0 Å². The zero-order valence-electron chi connectivity index (χ0n) is 12.9. The minimum absolute atomic E-state index is 0.0514. The van der Waals surface area contributed by atoms with Crippen LogP contribution in [0.25, 0.3) is 10.7 Å². The lowest BCUT2D eigenvalue weighted by atomic mass is 10.3. The van der Waals surface area contributed by atoms with Gasteiger partial charge in [0.05, 0.1) is 10.6 Å². The number of hydrogen-bond acceptors (Lipinski definition) is 5. The zero-order valence-corrected chi connectivity index (χ0v) is 16.7. The van der Waals surface area contributed by atoms with E-state index < -0.39 is 0 Å². The van der Waals surface area contributed by atoms with Gasteiger partial charge in [-0.25, -0.2) is 0 Å². The number of nitrogens with one attached hydrogen (secondary N) is 1. The fourth-order valence-corrected chi connectivity index (χ4v) is 4.01. The molecule has 0 unspecified atom stereocenters. The van der Waals surface area contributed by atoms with Crippen LogP contribution in [0.2, 0.25) is 0 Å². The molecule has 0 atom stereocenters. The number of anilines is 1. The molecular weight excluding hydrogens is 455 g/mol. The molecule has 0 saturated carbocycles. The van der Waals surface area contributed by atoms with E-state index in [-0.39, 0.29) is 5.91 Å². The monoisotopic (exact) mass is 470 g/mol. The van der Waals surface area contributed by atoms with Crippen molar-refractivity contribution in [3.63, 3.8) is 0 Å². The highest BCUT2D eigenvalue weighted by Crippen LogP contribution is 2.27. The molecule has 0 spiro atoms. The number of amides is 1. The largest absolute Gasteiger partial charge is 0.325 e. The fourth-order valence-electron chi connectivity index (χ4n) is 2.13. The number of nitrogens with zero attached hydrogens (tertiary/aromatic N) is 3. The van der Waals surface area contributed by atoms with Crippen molar-refractivity contribution < 1.29 is 4.79 Å². The number of aromatic nitrogens is 3. The fraction of sp³-hybridized carbons (Fsp3) is 0.188. The molecule has 1 N–H and O–H groups in total. The summed E-state index contributed by atoms with van der Waals surface area (Å²) in [4.78, 5) is 13.2. The van der Waals surface area contributed by atoms with E-state index in [9.17, 15) is 4.79 Å². The van der Waals surface area contributed by atoms with Crippen molar-refractivity contribution in [2.75, 3.05) is 11.1 Å². The van der Waals surface area contributed by atoms with Gasteiger partial charge in [-0.2, -0.15) is 0 Å². The second-order valence-corrected chi connectivity index (χ2v) is 8.01. The average molecular weight is 470 g/mol. The van der Waals surface area contributed by atoms with Gasteiger partial charge in [0, 0.05) is 15.8 Å². The Morgan fingerprint density at radius 2 is 2.08 bits per heavy atom. The molecule has 2 heterocycles. The van der Waals surface area contributed by atoms with Gasteiger partial charge < -0.3 is 9.88 Å². The van der Waals surface area contributed by atoms with E-state index in [0.29, 0.717) is 5.75 Å². The van der Waals surface area contributed by atoms with Crippen LogP contribution in [0.5, 0.6) is 0 Å². The van der Waals surface area contributed by atoms with Crippen LogP contribution in [0, 0.1) is 3.57 Å². The molecule has 1 amide bonds. The number of carbonyl (C=O) groups excluding carboxylic acids is 1. The summed E-state index contributed by atoms with van der Waals surface area (Å²) in [5.41, 5.74) is 0.803. The summed E-state index contributed by atoms with van der Waals surface area (Å²) in [5.74, 6) is 1.10. The maximum Gasteiger partial charge on any atom is 0.234 e. The van der Waals surface area contributed by atoms with E-state index in [0.717, 1.165) is 31.7 Å². The van der Waals surface area contributed by atoms with Gasteiger partial charge in [0.1, 0.15) is 0 Å². The normalized spacial score (nSPS) is 10.8. The molecule has 2 aromatic heterocycles. The Hall–Kier alpha value is -1.39. The summed E-state index contributed by atoms with van der Waals surface area (Å²) in [6.45, 7) is 2.82. The molecule has 1 aromatic carbocycles. The van der Waals surface area contributed by atoms with Gasteiger partial charge in [0.2, 0.25) is 5.91 Å². The minimum Gasteiger partial charge on any atom is -0.325 e. The lowest BCUT2D eigenvalue weighted by molar-refractivity contribution is -0.113. The molecule has 0 bridgehead atoms. The van der Waals surface area contributed by atoms with Crippen LogP contribution in [0.1, 0.15) is 6.92 Å². The first-order chi connectivity index (χ1) is 11.7. The van der Waals surface area contributed by atoms with Gasteiger partial charge in [0.15, 0.2) is 11.0 Å². The van der Waals surface area contributed by atoms with Crippen molar-refractivity contribution in [2.24, 2.45) is 0 Å². The summed E-state index contributed by atoms with van der Waals surface area (Å²) in [6.07, 6.45) is 0. The van der Waals surface area contributed by atoms with E-state index in [1.165, 1.54) is 11.8 Å². The first kappa shape index (κ1) is 17.4. The summed E-state index contributed by atoms with van der Waals surface area (Å²) in [5, 5.41) is 14.2. The maximum atomic E-state index is 12.1. The van der Waals surface area contributed by atoms with Crippen LogP contribution < -0.4 is 5.32 Å². The lowest BCUT2D eigenvalue weighted by Gasteiger charge is -2.07. The van der Waals surface area contributed by atoms with Crippen molar-refractivity contribution in [3.8, 4) is 10.7 Å². The van der Waals surface area contributed by atoms with Crippen LogP contribution >= 0.6 is 45.7 Å². The molecule has 0 saturated heterocycles. The number of rotatable bonds is 6. The van der Waals surface area contributed by atoms with Crippen molar-refractivity contribution in [1.29, 1.82) is 0 Å². The number of carbonyl (C=O) groups is 1. The van der Waals surface area contributed by atoms with Crippen LogP contribution in [0.15, 0.2) is 46.9 Å². The van der Waals surface area contributed by atoms with Crippen LogP contribution in [-0.4, -0.2) is 26.4 Å². The van der Waals surface area contributed by atoms with Crippen LogP contribution in [0.4, 0.5) is 5.69 Å². The van der Waals surface area contributed by atoms with Gasteiger partial charge in [-0.15, -0.1) is 21.5 Å². The Bertz CT molecular complexity index is 815. The topological polar surface area (TPSA) is 59.8 Å². The summed E-state index contributed by atoms with van der Waals surface area (Å²) < 4.78 is 3.17. The molecular formula is C16H15IN4OS2. The molecule has 3 rings (SSSR count). The summed E-state index contributed by atoms with van der Waals surface area (Å²) >= 11 is 5.27. The Morgan fingerprint density at radius 1 is 1.29 bits per heavy atom. The van der Waals surface area contributed by atoms with Crippen molar-refractivity contribution in [3.05, 3.63) is 45.3 Å². The first-order valence-corrected chi connectivity index (χ1v) is 10.3. The van der Waals surface area contributed by atoms with Crippen LogP contribution in [-0.2, 0) is 11.3 Å². The van der Waals surface area contributed by atoms with Crippen molar-refractivity contribution >= 4 is 57.3 Å². The van der Waals surface area contributed by atoms with Crippen molar-refractivity contribution in [2.45, 2.75) is 18.6 Å². The number of thioether (sulfide) groups is 1. The van der Waals surface area contributed by atoms with E-state index in [1.807, 2.05) is 46.3 Å². The number of halogens is 1. The molecule has 5 nitrogen and oxygen atoms in total. The molecule has 124 valence electrons. The highest BCUT2D eigenvalue weighted by molar-refractivity contribution is 14.1. The Labute approximate surface area is 162 Å².